The van der Waals surface area contributed by atoms with Gasteiger partial charge < -0.3 is 0 Å². The van der Waals surface area contributed by atoms with Crippen LogP contribution in [0.3, 0.4) is 0 Å². The highest BCUT2D eigenvalue weighted by Gasteiger charge is 2.43. The van der Waals surface area contributed by atoms with E-state index in [1.807, 2.05) is 0 Å². The van der Waals surface area contributed by atoms with Crippen molar-refractivity contribution >= 4 is 57.6 Å². The fraction of sp³-hybridized carbons (Fsp3) is 0.0172. The first kappa shape index (κ1) is 14.5. The Kier molecular flexibility index (Phi) is 4.01. The molecule has 0 aliphatic rings. The van der Waals surface area contributed by atoms with Crippen molar-refractivity contribution in [2.75, 3.05) is 0 Å². The number of hydrogen-bond acceptors (Lipinski definition) is 3. The third kappa shape index (κ3) is 7.37. The predicted octanol–water partition coefficient (Wildman–Crippen LogP) is 7.94. The fourth-order valence-corrected chi connectivity index (χ4v) is 13.7. The maximum atomic E-state index is 10.6. The van der Waals surface area contributed by atoms with Gasteiger partial charge in [-0.1, -0.05) is 259 Å². The Hall–Kier alpha value is -7.58. The summed E-state index contributed by atoms with van der Waals surface area (Å²) >= 11 is 0. The average Bonchev–Trinajstić information content (AvgIpc) is 0.682. The fourth-order valence-electron chi connectivity index (χ4n) is 6.61. The molecule has 0 N–H and O–H groups in total. The van der Waals surface area contributed by atoms with Crippen LogP contribution in [0.25, 0.3) is 34.2 Å². The molecule has 0 saturated carbocycles. The molecule has 0 spiro atoms. The van der Waals surface area contributed by atoms with Crippen molar-refractivity contribution in [3.63, 3.8) is 0 Å². The second-order valence-corrected chi connectivity index (χ2v) is 19.8. The second-order valence-electron chi connectivity index (χ2n) is 12.8. The molecule has 0 aliphatic heterocycles. The maximum Gasteiger partial charge on any atom is 0.179 e. The van der Waals surface area contributed by atoms with Gasteiger partial charge in [-0.05, 0) is 48.4 Å². The van der Waals surface area contributed by atoms with Gasteiger partial charge in [-0.3, -0.25) is 0 Å². The van der Waals surface area contributed by atoms with E-state index in [-0.39, 0.29) is 0 Å². The molecule has 3 nitrogen and oxygen atoms in total. The maximum absolute atomic E-state index is 10.6. The summed E-state index contributed by atoms with van der Waals surface area (Å²) < 4.78 is 392. The van der Waals surface area contributed by atoms with Crippen molar-refractivity contribution < 1.29 is 57.6 Å². The molecule has 1 aromatic heterocycles. The van der Waals surface area contributed by atoms with Crippen LogP contribution in [0, 0.1) is 6.92 Å². The molecule has 300 valence electrons. The van der Waals surface area contributed by atoms with Crippen LogP contribution in [-0.4, -0.2) is 31.1 Å². The van der Waals surface area contributed by atoms with E-state index < -0.39 is 351 Å². The molecule has 10 aromatic rings. The molecule has 0 unspecified atom stereocenters. The van der Waals surface area contributed by atoms with Gasteiger partial charge in [-0.25, -0.2) is 15.0 Å². The molecule has 0 bridgehead atoms. The summed E-state index contributed by atoms with van der Waals surface area (Å²) in [6, 6.07) is -55.9. The van der Waals surface area contributed by atoms with E-state index >= 15 is 0 Å². The highest BCUT2D eigenvalue weighted by molar-refractivity contribution is 7.20. The lowest BCUT2D eigenvalue weighted by Gasteiger charge is -2.34. The molecule has 0 radical (unpaired) electrons. The zero-order chi connectivity index (χ0) is 79.0. The van der Waals surface area contributed by atoms with Crippen LogP contribution in [0.4, 0.5) is 0 Å². The molecule has 63 heavy (non-hydrogen) atoms. The molecular weight excluding hydrogens is 795 g/mol. The summed E-state index contributed by atoms with van der Waals surface area (Å²) in [7, 11) is -13.4. The molecular formula is C58H45N3Si2. The average molecular weight is 882 g/mol. The molecule has 0 fully saturated rings. The van der Waals surface area contributed by atoms with Crippen LogP contribution in [0.15, 0.2) is 254 Å². The summed E-state index contributed by atoms with van der Waals surface area (Å²) in [5.74, 6) is -4.11. The summed E-state index contributed by atoms with van der Waals surface area (Å²) in [4.78, 5) is 13.0. The Labute approximate surface area is 431 Å². The summed E-state index contributed by atoms with van der Waals surface area (Å²) in [5, 5.41) is -10.5. The first-order chi connectivity index (χ1) is 48.6. The molecule has 0 atom stereocenters. The van der Waals surface area contributed by atoms with E-state index in [1.165, 1.54) is 0 Å². The van der Waals surface area contributed by atoms with E-state index in [0.29, 0.717) is 0 Å². The largest absolute Gasteiger partial charge is 0.208 e. The molecule has 5 heteroatoms. The van der Waals surface area contributed by atoms with Crippen molar-refractivity contribution in [3.05, 3.63) is 259 Å². The summed E-state index contributed by atoms with van der Waals surface area (Å²) in [5.41, 5.74) is -4.34. The van der Waals surface area contributed by atoms with Gasteiger partial charge in [0.1, 0.15) is 0 Å². The van der Waals surface area contributed by atoms with Crippen LogP contribution >= 0.6 is 0 Å². The zero-order valence-electron chi connectivity index (χ0n) is 73.8. The zero-order valence-corrected chi connectivity index (χ0v) is 33.8. The Morgan fingerprint density at radius 3 is 0.857 bits per heavy atom. The van der Waals surface area contributed by atoms with Crippen molar-refractivity contribution in [3.8, 4) is 34.2 Å². The third-order valence-corrected chi connectivity index (χ3v) is 17.3. The number of rotatable bonds is 11. The molecule has 1 heterocycles. The van der Waals surface area contributed by atoms with Crippen molar-refractivity contribution in [2.45, 2.75) is 6.92 Å². The lowest BCUT2D eigenvalue weighted by atomic mass is 10.1. The van der Waals surface area contributed by atoms with Gasteiger partial charge in [0.25, 0.3) is 0 Å². The molecule has 0 aliphatic carbocycles. The molecule has 0 saturated heterocycles. The Morgan fingerprint density at radius 2 is 0.524 bits per heavy atom. The lowest BCUT2D eigenvalue weighted by Crippen LogP contribution is -2.74. The number of hydrogen-bond donors (Lipinski definition) is 0. The second kappa shape index (κ2) is 17.4. The first-order valence-corrected chi connectivity index (χ1v) is 22.1. The predicted molar refractivity (Wildman–Crippen MR) is 268 cm³/mol. The van der Waals surface area contributed by atoms with Crippen molar-refractivity contribution in [2.24, 2.45) is 0 Å². The molecule has 9 aromatic carbocycles. The van der Waals surface area contributed by atoms with E-state index in [4.69, 9.17) is 24.7 Å². The van der Waals surface area contributed by atoms with Gasteiger partial charge in [0.05, 0.1) is 57.6 Å². The monoisotopic (exact) mass is 882 g/mol. The van der Waals surface area contributed by atoms with Crippen molar-refractivity contribution in [1.29, 1.82) is 0 Å². The highest BCUT2D eigenvalue weighted by Crippen LogP contribution is 2.25. The van der Waals surface area contributed by atoms with Crippen molar-refractivity contribution in [1.82, 2.24) is 15.0 Å². The summed E-state index contributed by atoms with van der Waals surface area (Å²) in [6.07, 6.45) is 0. The van der Waals surface area contributed by atoms with E-state index in [0.717, 1.165) is 6.92 Å². The van der Waals surface area contributed by atoms with Gasteiger partial charge in [0.2, 0.25) is 0 Å². The Morgan fingerprint density at radius 1 is 0.270 bits per heavy atom. The third-order valence-electron chi connectivity index (χ3n) is 9.31. The Bertz CT molecular complexity index is 4790. The van der Waals surface area contributed by atoms with Crippen LogP contribution in [0.2, 0.25) is 0 Å². The Balaban J connectivity index is 1.56. The van der Waals surface area contributed by atoms with Crippen LogP contribution in [0.1, 0.15) is 63.1 Å². The van der Waals surface area contributed by atoms with Crippen LogP contribution in [0.5, 0.6) is 0 Å². The van der Waals surface area contributed by atoms with E-state index in [9.17, 15) is 32.9 Å². The van der Waals surface area contributed by atoms with Gasteiger partial charge in [-0.2, -0.15) is 0 Å². The number of aromatic nitrogens is 3. The topological polar surface area (TPSA) is 38.7 Å². The summed E-state index contributed by atoms with van der Waals surface area (Å²) in [6.45, 7) is 1.08. The van der Waals surface area contributed by atoms with Gasteiger partial charge in [-0.15, -0.1) is 0 Å². The lowest BCUT2D eigenvalue weighted by molar-refractivity contribution is 1.07. The normalized spacial score (nSPS) is 20.9. The van der Waals surface area contributed by atoms with Gasteiger partial charge >= 0.3 is 0 Å². The van der Waals surface area contributed by atoms with Gasteiger partial charge in [0, 0.05) is 16.7 Å². The molecule has 10 rings (SSSR count). The first-order valence-electron chi connectivity index (χ1n) is 39.1. The number of benzene rings is 9. The van der Waals surface area contributed by atoms with E-state index in [2.05, 4.69) is 15.0 Å². The SMILES string of the molecule is [2H]c1c([2H])c([2H])c(-c2nc(-c3c([2H])c([2H])c([2H])c([Si](c4c([2H])c([2H])c([2H])c([2H])c4[2H])(c4c([2H])c([2H])c([2H])c([2H])c4[2H])c4c([2H])c([2H])c([2H])c([2H])c4[2H])c3[2H])nc(-c3c([2H])c([2H])c([2H])c([Si](c4c([2H])c([2H])c([2H])c([2H])c4[2H])(c4c([2H])c([2H])c([2H])c([2H])c4[2H])c4c([2H])c([2H])c(C)c([2H])c4[2H])c3[2H])n2)c([2H])c1[2H]. The standard InChI is InChI=1S/C58H45N3Si2/c1-44-38-40-53(41-39-44)63(51-32-16-6-17-33-51,52-34-18-7-19-35-52)55-37-21-25-47(43-55)58-60-56(45-22-8-2-9-23-45)59-57(61-58)46-24-20-36-54(42-46)62(48-26-10-3-11-27-48,49-28-12-4-13-29-49)50-30-14-5-15-31-50/h2-43H,1H3/i2D,3D,4D,5D,6D,7D,8D,9D,10D,11D,12D,13D,14D,15D,16D,17D,18D,19D,20D,21D,22D,23D,24D,25D,26D,27D,28D,29D,30D,31D,32D,33D,34D,35D,36D,37D,38D,39D,40D,41D,42D,43D. The minimum atomic E-state index is -6.72. The number of nitrogens with zero attached hydrogens (tertiary/aromatic N) is 3. The minimum Gasteiger partial charge on any atom is -0.208 e. The smallest absolute Gasteiger partial charge is 0.179 e. The minimum absolute atomic E-state index is 0.466. The van der Waals surface area contributed by atoms with E-state index in [1.54, 1.807) is 0 Å². The van der Waals surface area contributed by atoms with Crippen LogP contribution in [-0.2, 0) is 0 Å². The van der Waals surface area contributed by atoms with Gasteiger partial charge in [0.15, 0.2) is 33.6 Å². The molecule has 0 amide bonds. The van der Waals surface area contributed by atoms with Crippen LogP contribution < -0.4 is 41.5 Å². The highest BCUT2D eigenvalue weighted by atomic mass is 28.3. The quantitative estimate of drug-likeness (QED) is 0.0980.